The van der Waals surface area contributed by atoms with Crippen LogP contribution < -0.4 is 11.0 Å². The normalized spacial score (nSPS) is 10.8. The number of carbonyl (C=O) groups is 1. The number of furan rings is 1. The lowest BCUT2D eigenvalue weighted by Crippen LogP contribution is -2.33. The summed E-state index contributed by atoms with van der Waals surface area (Å²) in [6.07, 6.45) is 2.86. The molecule has 0 fully saturated rings. The summed E-state index contributed by atoms with van der Waals surface area (Å²) in [4.78, 5) is 29.8. The Balaban J connectivity index is 1.77. The molecule has 0 unspecified atom stereocenters. The Labute approximate surface area is 140 Å². The molecule has 0 atom stereocenters. The van der Waals surface area contributed by atoms with Crippen LogP contribution in [0.2, 0.25) is 0 Å². The molecule has 3 aromatic heterocycles. The maximum absolute atomic E-state index is 12.7. The molecule has 3 heterocycles. The van der Waals surface area contributed by atoms with Gasteiger partial charge >= 0.3 is 0 Å². The van der Waals surface area contributed by atoms with Crippen LogP contribution in [0.15, 0.2) is 69.6 Å². The van der Waals surface area contributed by atoms with E-state index < -0.39 is 0 Å². The minimum Gasteiger partial charge on any atom is -0.464 e. The Morgan fingerprint density at radius 3 is 2.75 bits per heavy atom. The van der Waals surface area contributed by atoms with Crippen LogP contribution in [0.4, 0.5) is 0 Å². The van der Waals surface area contributed by atoms with Crippen molar-refractivity contribution in [3.8, 4) is 11.3 Å². The summed E-state index contributed by atoms with van der Waals surface area (Å²) in [6.45, 7) is 0. The van der Waals surface area contributed by atoms with Gasteiger partial charge in [-0.05, 0) is 24.3 Å². The number of amides is 1. The lowest BCUT2D eigenvalue weighted by atomic mass is 10.2. The number of benzene rings is 1. The van der Waals surface area contributed by atoms with Crippen molar-refractivity contribution in [2.24, 2.45) is 0 Å². The van der Waals surface area contributed by atoms with Gasteiger partial charge in [0.25, 0.3) is 11.5 Å². The molecule has 1 aromatic carbocycles. The van der Waals surface area contributed by atoms with Gasteiger partial charge in [-0.25, -0.2) is 9.66 Å². The fourth-order valence-corrected chi connectivity index (χ4v) is 3.28. The molecule has 1 N–H and O–H groups in total. The molecule has 0 radical (unpaired) electrons. The summed E-state index contributed by atoms with van der Waals surface area (Å²) in [5.41, 5.74) is 3.33. The number of fused-ring (bicyclic) bond motifs is 1. The van der Waals surface area contributed by atoms with Gasteiger partial charge in [-0.15, -0.1) is 11.3 Å². The third-order valence-corrected chi connectivity index (χ3v) is 4.43. The molecule has 118 valence electrons. The SMILES string of the molecule is O=C(Nn1cnc2scc(-c3ccco3)c2c1=O)c1ccccc1. The van der Waals surface area contributed by atoms with E-state index in [1.165, 1.54) is 17.7 Å². The molecule has 7 heteroatoms. The van der Waals surface area contributed by atoms with Gasteiger partial charge in [0.2, 0.25) is 0 Å². The molecule has 4 aromatic rings. The zero-order chi connectivity index (χ0) is 16.5. The van der Waals surface area contributed by atoms with Crippen LogP contribution in [0.1, 0.15) is 10.4 Å². The van der Waals surface area contributed by atoms with Crippen LogP contribution in [0.3, 0.4) is 0 Å². The van der Waals surface area contributed by atoms with Gasteiger partial charge in [0, 0.05) is 16.5 Å². The Hall–Kier alpha value is -3.19. The highest BCUT2D eigenvalue weighted by Gasteiger charge is 2.16. The summed E-state index contributed by atoms with van der Waals surface area (Å²) < 4.78 is 6.47. The number of aromatic nitrogens is 2. The Kier molecular flexibility index (Phi) is 3.47. The van der Waals surface area contributed by atoms with E-state index in [0.717, 1.165) is 4.68 Å². The highest BCUT2D eigenvalue weighted by Crippen LogP contribution is 2.30. The molecular formula is C17H11N3O3S. The number of rotatable bonds is 3. The minimum atomic E-state index is -0.381. The molecule has 6 nitrogen and oxygen atoms in total. The zero-order valence-electron chi connectivity index (χ0n) is 12.3. The molecule has 1 amide bonds. The third-order valence-electron chi connectivity index (χ3n) is 3.54. The second-order valence-electron chi connectivity index (χ2n) is 5.03. The van der Waals surface area contributed by atoms with Crippen molar-refractivity contribution >= 4 is 27.5 Å². The van der Waals surface area contributed by atoms with Gasteiger partial charge in [0.15, 0.2) is 0 Å². The summed E-state index contributed by atoms with van der Waals surface area (Å²) in [7, 11) is 0. The van der Waals surface area contributed by atoms with E-state index in [2.05, 4.69) is 10.4 Å². The van der Waals surface area contributed by atoms with E-state index in [1.807, 2.05) is 11.4 Å². The number of nitrogens with one attached hydrogen (secondary N) is 1. The fourth-order valence-electron chi connectivity index (χ4n) is 2.39. The maximum atomic E-state index is 12.7. The van der Waals surface area contributed by atoms with E-state index in [0.29, 0.717) is 27.1 Å². The lowest BCUT2D eigenvalue weighted by Gasteiger charge is -2.07. The zero-order valence-corrected chi connectivity index (χ0v) is 13.1. The van der Waals surface area contributed by atoms with Crippen LogP contribution in [0, 0.1) is 0 Å². The van der Waals surface area contributed by atoms with Crippen molar-refractivity contribution in [1.82, 2.24) is 9.66 Å². The lowest BCUT2D eigenvalue weighted by molar-refractivity contribution is 0.101. The molecule has 0 spiro atoms. The average Bonchev–Trinajstić information content (AvgIpc) is 3.27. The fraction of sp³-hybridized carbons (Fsp3) is 0. The predicted octanol–water partition coefficient (Wildman–Crippen LogP) is 3.10. The van der Waals surface area contributed by atoms with Crippen molar-refractivity contribution in [2.45, 2.75) is 0 Å². The third kappa shape index (κ3) is 2.40. The van der Waals surface area contributed by atoms with E-state index in [4.69, 9.17) is 4.42 Å². The smallest absolute Gasteiger partial charge is 0.281 e. The van der Waals surface area contributed by atoms with E-state index >= 15 is 0 Å². The quantitative estimate of drug-likeness (QED) is 0.623. The molecule has 0 aliphatic carbocycles. The monoisotopic (exact) mass is 337 g/mol. The molecule has 0 bridgehead atoms. The van der Waals surface area contributed by atoms with Crippen molar-refractivity contribution in [3.05, 3.63) is 76.4 Å². The Morgan fingerprint density at radius 2 is 2.00 bits per heavy atom. The van der Waals surface area contributed by atoms with Crippen LogP contribution >= 0.6 is 11.3 Å². The van der Waals surface area contributed by atoms with Gasteiger partial charge < -0.3 is 4.42 Å². The van der Waals surface area contributed by atoms with Crippen molar-refractivity contribution in [3.63, 3.8) is 0 Å². The average molecular weight is 337 g/mol. The van der Waals surface area contributed by atoms with E-state index in [9.17, 15) is 9.59 Å². The minimum absolute atomic E-state index is 0.350. The van der Waals surface area contributed by atoms with Crippen LogP contribution in [-0.4, -0.2) is 15.6 Å². The summed E-state index contributed by atoms with van der Waals surface area (Å²) >= 11 is 1.35. The molecule has 4 rings (SSSR count). The number of hydrogen-bond donors (Lipinski definition) is 1. The molecular weight excluding hydrogens is 326 g/mol. The summed E-state index contributed by atoms with van der Waals surface area (Å²) in [5.74, 6) is 0.209. The second-order valence-corrected chi connectivity index (χ2v) is 5.89. The van der Waals surface area contributed by atoms with Gasteiger partial charge in [0.05, 0.1) is 11.6 Å². The first-order chi connectivity index (χ1) is 11.7. The predicted molar refractivity (Wildman–Crippen MR) is 91.7 cm³/mol. The first kappa shape index (κ1) is 14.4. The topological polar surface area (TPSA) is 77.1 Å². The first-order valence-corrected chi connectivity index (χ1v) is 8.01. The van der Waals surface area contributed by atoms with Crippen molar-refractivity contribution < 1.29 is 9.21 Å². The summed E-state index contributed by atoms with van der Waals surface area (Å²) in [5, 5.41) is 2.24. The molecule has 0 aliphatic rings. The van der Waals surface area contributed by atoms with Crippen LogP contribution in [0.5, 0.6) is 0 Å². The van der Waals surface area contributed by atoms with Crippen molar-refractivity contribution in [1.29, 1.82) is 0 Å². The number of nitrogens with zero attached hydrogens (tertiary/aromatic N) is 2. The van der Waals surface area contributed by atoms with Gasteiger partial charge in [-0.3, -0.25) is 15.0 Å². The standard InChI is InChI=1S/C17H11N3O3S/c21-15(11-5-2-1-3-6-11)19-20-10-18-16-14(17(20)22)12(9-24-16)13-7-4-8-23-13/h1-10H,(H,19,21). The van der Waals surface area contributed by atoms with Crippen LogP contribution in [0.25, 0.3) is 21.5 Å². The van der Waals surface area contributed by atoms with E-state index in [-0.39, 0.29) is 11.5 Å². The number of thiophene rings is 1. The van der Waals surface area contributed by atoms with Gasteiger partial charge in [0.1, 0.15) is 16.9 Å². The summed E-state index contributed by atoms with van der Waals surface area (Å²) in [6, 6.07) is 12.2. The Bertz CT molecular complexity index is 1070. The molecule has 0 saturated carbocycles. The van der Waals surface area contributed by atoms with Gasteiger partial charge in [-0.1, -0.05) is 18.2 Å². The van der Waals surface area contributed by atoms with Crippen molar-refractivity contribution in [2.75, 3.05) is 5.43 Å². The van der Waals surface area contributed by atoms with E-state index in [1.54, 1.807) is 42.7 Å². The highest BCUT2D eigenvalue weighted by atomic mass is 32.1. The van der Waals surface area contributed by atoms with Gasteiger partial charge in [-0.2, -0.15) is 0 Å². The second kappa shape index (κ2) is 5.78. The largest absolute Gasteiger partial charge is 0.464 e. The van der Waals surface area contributed by atoms with Crippen LogP contribution in [-0.2, 0) is 0 Å². The highest BCUT2D eigenvalue weighted by molar-refractivity contribution is 7.17. The number of carbonyl (C=O) groups excluding carboxylic acids is 1. The molecule has 24 heavy (non-hydrogen) atoms. The maximum Gasteiger partial charge on any atom is 0.281 e. The number of hydrogen-bond acceptors (Lipinski definition) is 5. The molecule has 0 aliphatic heterocycles. The molecule has 0 saturated heterocycles. The Morgan fingerprint density at radius 1 is 1.17 bits per heavy atom. The first-order valence-electron chi connectivity index (χ1n) is 7.13.